The second-order valence-corrected chi connectivity index (χ2v) is 5.60. The Kier molecular flexibility index (Phi) is 2.68. The Balaban J connectivity index is 2.16. The molecule has 0 aromatic carbocycles. The zero-order chi connectivity index (χ0) is 11.9. The molecule has 4 heteroatoms. The second-order valence-electron chi connectivity index (χ2n) is 5.60. The fourth-order valence-electron chi connectivity index (χ4n) is 2.64. The Morgan fingerprint density at radius 3 is 2.62 bits per heavy atom. The van der Waals surface area contributed by atoms with Crippen LogP contribution in [0.3, 0.4) is 0 Å². The number of nitrogens with zero attached hydrogens (tertiary/aromatic N) is 2. The van der Waals surface area contributed by atoms with Gasteiger partial charge in [0.15, 0.2) is 5.96 Å². The maximum atomic E-state index is 12.3. The lowest BCUT2D eigenvalue weighted by molar-refractivity contribution is -0.133. The molecule has 2 aliphatic rings. The summed E-state index contributed by atoms with van der Waals surface area (Å²) in [6.07, 6.45) is 4.11. The fourth-order valence-corrected chi connectivity index (χ4v) is 2.64. The Morgan fingerprint density at radius 1 is 1.56 bits per heavy atom. The quantitative estimate of drug-likeness (QED) is 0.788. The third-order valence-corrected chi connectivity index (χ3v) is 3.53. The van der Waals surface area contributed by atoms with E-state index in [0.717, 1.165) is 19.3 Å². The van der Waals surface area contributed by atoms with Crippen molar-refractivity contribution in [2.45, 2.75) is 58.0 Å². The predicted octanol–water partition coefficient (Wildman–Crippen LogP) is 1.50. The van der Waals surface area contributed by atoms with Crippen molar-refractivity contribution in [2.75, 3.05) is 0 Å². The van der Waals surface area contributed by atoms with E-state index in [9.17, 15) is 4.79 Å². The molecule has 1 amide bonds. The Morgan fingerprint density at radius 2 is 2.19 bits per heavy atom. The molecule has 2 rings (SSSR count). The monoisotopic (exact) mass is 223 g/mol. The van der Waals surface area contributed by atoms with E-state index in [4.69, 9.17) is 5.73 Å². The van der Waals surface area contributed by atoms with Gasteiger partial charge in [0.05, 0.1) is 0 Å². The molecule has 1 fully saturated rings. The largest absolute Gasteiger partial charge is 0.369 e. The average Bonchev–Trinajstić information content (AvgIpc) is 2.24. The molecular formula is C12H21N3O. The molecule has 0 spiro atoms. The van der Waals surface area contributed by atoms with Crippen LogP contribution in [0, 0.1) is 5.92 Å². The molecule has 0 aromatic heterocycles. The number of nitrogens with two attached hydrogens (primary N) is 1. The van der Waals surface area contributed by atoms with Gasteiger partial charge in [-0.15, -0.1) is 0 Å². The van der Waals surface area contributed by atoms with Crippen molar-refractivity contribution in [1.29, 1.82) is 0 Å². The van der Waals surface area contributed by atoms with E-state index < -0.39 is 5.54 Å². The van der Waals surface area contributed by atoms with E-state index in [-0.39, 0.29) is 5.91 Å². The van der Waals surface area contributed by atoms with Gasteiger partial charge in [-0.25, -0.2) is 4.99 Å². The second kappa shape index (κ2) is 3.75. The zero-order valence-corrected chi connectivity index (χ0v) is 10.4. The summed E-state index contributed by atoms with van der Waals surface area (Å²) < 4.78 is 0. The predicted molar refractivity (Wildman–Crippen MR) is 64.0 cm³/mol. The van der Waals surface area contributed by atoms with Crippen LogP contribution in [0.2, 0.25) is 0 Å². The first-order chi connectivity index (χ1) is 7.44. The van der Waals surface area contributed by atoms with Crippen LogP contribution in [-0.2, 0) is 4.79 Å². The minimum Gasteiger partial charge on any atom is -0.369 e. The standard InChI is InChI=1S/C12H21N3O/c1-8(2)7-12(3)10(16)15(11(13)14-12)9-5-4-6-9/h8-9H,4-7H2,1-3H3,(H2,13,14). The van der Waals surface area contributed by atoms with Gasteiger partial charge in [0.1, 0.15) is 5.54 Å². The SMILES string of the molecule is CC(C)CC1(C)N=C(N)N(C2CCC2)C1=O. The van der Waals surface area contributed by atoms with Crippen LogP contribution in [0.1, 0.15) is 46.5 Å². The van der Waals surface area contributed by atoms with Gasteiger partial charge in [-0.2, -0.15) is 0 Å². The highest BCUT2D eigenvalue weighted by atomic mass is 16.2. The summed E-state index contributed by atoms with van der Waals surface area (Å²) in [7, 11) is 0. The summed E-state index contributed by atoms with van der Waals surface area (Å²) in [6, 6.07) is 0.310. The maximum absolute atomic E-state index is 12.3. The van der Waals surface area contributed by atoms with Gasteiger partial charge in [-0.05, 0) is 38.5 Å². The molecule has 1 aliphatic carbocycles. The van der Waals surface area contributed by atoms with E-state index in [0.29, 0.717) is 17.9 Å². The van der Waals surface area contributed by atoms with Gasteiger partial charge < -0.3 is 5.73 Å². The van der Waals surface area contributed by atoms with Crippen LogP contribution in [-0.4, -0.2) is 28.3 Å². The number of guanidine groups is 1. The minimum atomic E-state index is -0.617. The average molecular weight is 223 g/mol. The third-order valence-electron chi connectivity index (χ3n) is 3.53. The fraction of sp³-hybridized carbons (Fsp3) is 0.833. The molecule has 0 aromatic rings. The van der Waals surface area contributed by atoms with Crippen molar-refractivity contribution in [3.8, 4) is 0 Å². The van der Waals surface area contributed by atoms with Crippen molar-refractivity contribution in [2.24, 2.45) is 16.6 Å². The molecular weight excluding hydrogens is 202 g/mol. The lowest BCUT2D eigenvalue weighted by atomic mass is 9.88. The van der Waals surface area contributed by atoms with E-state index in [1.807, 2.05) is 6.92 Å². The number of carbonyl (C=O) groups is 1. The summed E-state index contributed by atoms with van der Waals surface area (Å²) in [5.41, 5.74) is 5.27. The molecule has 0 saturated heterocycles. The summed E-state index contributed by atoms with van der Waals surface area (Å²) >= 11 is 0. The van der Waals surface area contributed by atoms with Gasteiger partial charge in [0.25, 0.3) is 5.91 Å². The van der Waals surface area contributed by atoms with Gasteiger partial charge >= 0.3 is 0 Å². The molecule has 90 valence electrons. The number of rotatable bonds is 3. The molecule has 1 saturated carbocycles. The molecule has 0 bridgehead atoms. The highest BCUT2D eigenvalue weighted by Crippen LogP contribution is 2.34. The van der Waals surface area contributed by atoms with E-state index in [2.05, 4.69) is 18.8 Å². The van der Waals surface area contributed by atoms with Crippen molar-refractivity contribution >= 4 is 11.9 Å². The summed E-state index contributed by atoms with van der Waals surface area (Å²) in [5.74, 6) is 0.980. The Hall–Kier alpha value is -1.06. The normalized spacial score (nSPS) is 30.9. The van der Waals surface area contributed by atoms with Gasteiger partial charge in [-0.1, -0.05) is 13.8 Å². The first-order valence-corrected chi connectivity index (χ1v) is 6.13. The van der Waals surface area contributed by atoms with E-state index in [1.165, 1.54) is 6.42 Å². The number of hydrogen-bond acceptors (Lipinski definition) is 3. The highest BCUT2D eigenvalue weighted by Gasteiger charge is 2.47. The summed E-state index contributed by atoms with van der Waals surface area (Å²) in [6.45, 7) is 6.12. The van der Waals surface area contributed by atoms with Crippen molar-refractivity contribution in [3.05, 3.63) is 0 Å². The van der Waals surface area contributed by atoms with Crippen LogP contribution in [0.4, 0.5) is 0 Å². The van der Waals surface area contributed by atoms with Gasteiger partial charge in [0, 0.05) is 6.04 Å². The number of amides is 1. The Labute approximate surface area is 96.9 Å². The maximum Gasteiger partial charge on any atom is 0.257 e. The number of carbonyl (C=O) groups excluding carboxylic acids is 1. The molecule has 1 heterocycles. The lowest BCUT2D eigenvalue weighted by Gasteiger charge is -2.35. The lowest BCUT2D eigenvalue weighted by Crippen LogP contribution is -2.51. The Bertz CT molecular complexity index is 333. The number of hydrogen-bond donors (Lipinski definition) is 1. The van der Waals surface area contributed by atoms with Crippen molar-refractivity contribution < 1.29 is 4.79 Å². The first-order valence-electron chi connectivity index (χ1n) is 6.13. The zero-order valence-electron chi connectivity index (χ0n) is 10.4. The van der Waals surface area contributed by atoms with Crippen LogP contribution in [0.25, 0.3) is 0 Å². The van der Waals surface area contributed by atoms with Gasteiger partial charge in [0.2, 0.25) is 0 Å². The summed E-state index contributed by atoms with van der Waals surface area (Å²) in [4.78, 5) is 18.5. The van der Waals surface area contributed by atoms with Crippen LogP contribution in [0.15, 0.2) is 4.99 Å². The summed E-state index contributed by atoms with van der Waals surface area (Å²) in [5, 5.41) is 0. The third kappa shape index (κ3) is 1.70. The molecule has 1 atom stereocenters. The van der Waals surface area contributed by atoms with Crippen molar-refractivity contribution in [1.82, 2.24) is 4.90 Å². The molecule has 1 unspecified atom stereocenters. The molecule has 2 N–H and O–H groups in total. The molecule has 1 aliphatic heterocycles. The minimum absolute atomic E-state index is 0.100. The van der Waals surface area contributed by atoms with E-state index >= 15 is 0 Å². The first kappa shape index (κ1) is 11.4. The number of aliphatic imine (C=N–C) groups is 1. The van der Waals surface area contributed by atoms with Crippen LogP contribution in [0.5, 0.6) is 0 Å². The van der Waals surface area contributed by atoms with Crippen LogP contribution >= 0.6 is 0 Å². The van der Waals surface area contributed by atoms with E-state index in [1.54, 1.807) is 4.90 Å². The highest BCUT2D eigenvalue weighted by molar-refractivity contribution is 6.06. The van der Waals surface area contributed by atoms with Crippen molar-refractivity contribution in [3.63, 3.8) is 0 Å². The van der Waals surface area contributed by atoms with Crippen LogP contribution < -0.4 is 5.73 Å². The molecule has 4 nitrogen and oxygen atoms in total. The van der Waals surface area contributed by atoms with Gasteiger partial charge in [-0.3, -0.25) is 9.69 Å². The molecule has 0 radical (unpaired) electrons. The molecule has 16 heavy (non-hydrogen) atoms. The topological polar surface area (TPSA) is 58.7 Å². The smallest absolute Gasteiger partial charge is 0.257 e.